The molecule has 0 spiro atoms. The number of benzene rings is 1. The van der Waals surface area contributed by atoms with Gasteiger partial charge in [0.2, 0.25) is 5.95 Å². The average Bonchev–Trinajstić information content (AvgIpc) is 3.46. The first kappa shape index (κ1) is 23.5. The highest BCUT2D eigenvalue weighted by Gasteiger charge is 2.36. The van der Waals surface area contributed by atoms with Crippen LogP contribution in [0, 0.1) is 11.6 Å². The highest BCUT2D eigenvalue weighted by Crippen LogP contribution is 2.39. The zero-order valence-corrected chi connectivity index (χ0v) is 20.0. The van der Waals surface area contributed by atoms with Gasteiger partial charge in [0.05, 0.1) is 23.7 Å². The topological polar surface area (TPSA) is 91.2 Å². The molecule has 1 unspecified atom stereocenters. The van der Waals surface area contributed by atoms with Crippen molar-refractivity contribution in [3.05, 3.63) is 66.3 Å². The molecule has 2 saturated heterocycles. The zero-order chi connectivity index (χ0) is 25.7. The Morgan fingerprint density at radius 2 is 1.86 bits per heavy atom. The molecule has 4 aromatic rings. The third kappa shape index (κ3) is 4.43. The summed E-state index contributed by atoms with van der Waals surface area (Å²) in [5, 5.41) is 10.2. The number of pyridine rings is 1. The molecule has 2 fully saturated rings. The van der Waals surface area contributed by atoms with E-state index in [0.29, 0.717) is 53.6 Å². The van der Waals surface area contributed by atoms with Gasteiger partial charge in [0, 0.05) is 43.0 Å². The van der Waals surface area contributed by atoms with Crippen molar-refractivity contribution >= 4 is 22.8 Å². The van der Waals surface area contributed by atoms with Crippen molar-refractivity contribution in [2.75, 3.05) is 29.4 Å². The molecule has 2 aliphatic heterocycles. The summed E-state index contributed by atoms with van der Waals surface area (Å²) < 4.78 is 43.0. The standard InChI is InChI=1S/C26H24F3N7O/c1-26(37)6-7-35(13-26)25-30-10-15(11-31-25)23-24-20(32-14-33-23)4-5-22(34-24)36-12-17(28)9-21(36)18-8-16(27)2-3-19(18)29/h2-5,8,10-11,14,17,21,37H,6-7,9,12-13H2,1H3/t17-,21+,26?/m0/s1. The minimum absolute atomic E-state index is 0.000426. The van der Waals surface area contributed by atoms with Gasteiger partial charge in [-0.3, -0.25) is 0 Å². The van der Waals surface area contributed by atoms with Gasteiger partial charge in [-0.05, 0) is 43.7 Å². The quantitative estimate of drug-likeness (QED) is 0.443. The number of nitrogens with zero attached hydrogens (tertiary/aromatic N) is 7. The van der Waals surface area contributed by atoms with E-state index in [-0.39, 0.29) is 18.5 Å². The largest absolute Gasteiger partial charge is 0.388 e. The zero-order valence-electron chi connectivity index (χ0n) is 20.0. The Morgan fingerprint density at radius 3 is 2.62 bits per heavy atom. The molecule has 0 aliphatic carbocycles. The molecule has 6 rings (SSSR count). The Hall–Kier alpha value is -3.86. The Kier molecular flexibility index (Phi) is 5.67. The second-order valence-electron chi connectivity index (χ2n) is 9.87. The van der Waals surface area contributed by atoms with Crippen LogP contribution < -0.4 is 9.80 Å². The lowest BCUT2D eigenvalue weighted by Crippen LogP contribution is -2.30. The van der Waals surface area contributed by atoms with Crippen molar-refractivity contribution in [3.63, 3.8) is 0 Å². The number of β-amino-alcohol motifs (C(OH)–C–C–N with tert-alkyl or cyclic N) is 1. The van der Waals surface area contributed by atoms with Gasteiger partial charge >= 0.3 is 0 Å². The van der Waals surface area contributed by atoms with Crippen molar-refractivity contribution in [1.29, 1.82) is 0 Å². The molecule has 5 heterocycles. The Morgan fingerprint density at radius 1 is 1.05 bits per heavy atom. The van der Waals surface area contributed by atoms with Gasteiger partial charge in [-0.1, -0.05) is 0 Å². The predicted octanol–water partition coefficient (Wildman–Crippen LogP) is 4.01. The summed E-state index contributed by atoms with van der Waals surface area (Å²) in [5.74, 6) is -0.248. The Labute approximate surface area is 210 Å². The van der Waals surface area contributed by atoms with Crippen LogP contribution in [0.25, 0.3) is 22.3 Å². The lowest BCUT2D eigenvalue weighted by molar-refractivity contribution is 0.0838. The highest BCUT2D eigenvalue weighted by molar-refractivity contribution is 5.89. The number of halogens is 3. The number of alkyl halides is 1. The van der Waals surface area contributed by atoms with Gasteiger partial charge in [-0.2, -0.15) is 0 Å². The lowest BCUT2D eigenvalue weighted by atomic mass is 10.0. The van der Waals surface area contributed by atoms with E-state index in [4.69, 9.17) is 4.98 Å². The molecule has 3 atom stereocenters. The van der Waals surface area contributed by atoms with E-state index in [2.05, 4.69) is 19.9 Å². The fourth-order valence-corrected chi connectivity index (χ4v) is 5.13. The molecule has 0 amide bonds. The van der Waals surface area contributed by atoms with E-state index < -0.39 is 29.4 Å². The van der Waals surface area contributed by atoms with Gasteiger partial charge in [0.1, 0.15) is 41.2 Å². The third-order valence-corrected chi connectivity index (χ3v) is 6.97. The van der Waals surface area contributed by atoms with Crippen LogP contribution in [0.5, 0.6) is 0 Å². The summed E-state index contributed by atoms with van der Waals surface area (Å²) in [7, 11) is 0. The third-order valence-electron chi connectivity index (χ3n) is 6.97. The van der Waals surface area contributed by atoms with Crippen LogP contribution in [0.4, 0.5) is 24.9 Å². The second kappa shape index (κ2) is 8.91. The van der Waals surface area contributed by atoms with Gasteiger partial charge in [-0.25, -0.2) is 38.1 Å². The molecule has 3 aromatic heterocycles. The van der Waals surface area contributed by atoms with Gasteiger partial charge in [0.15, 0.2) is 0 Å². The van der Waals surface area contributed by atoms with E-state index in [1.807, 2.05) is 4.90 Å². The van der Waals surface area contributed by atoms with E-state index in [9.17, 15) is 18.3 Å². The maximum Gasteiger partial charge on any atom is 0.225 e. The molecule has 37 heavy (non-hydrogen) atoms. The summed E-state index contributed by atoms with van der Waals surface area (Å²) in [4.78, 5) is 25.9. The number of anilines is 2. The van der Waals surface area contributed by atoms with E-state index >= 15 is 0 Å². The van der Waals surface area contributed by atoms with Crippen molar-refractivity contribution in [3.8, 4) is 11.3 Å². The molecule has 0 bridgehead atoms. The van der Waals surface area contributed by atoms with Crippen molar-refractivity contribution in [1.82, 2.24) is 24.9 Å². The van der Waals surface area contributed by atoms with Crippen LogP contribution in [0.3, 0.4) is 0 Å². The highest BCUT2D eigenvalue weighted by atomic mass is 19.1. The Balaban J connectivity index is 1.36. The van der Waals surface area contributed by atoms with Crippen LogP contribution in [-0.2, 0) is 0 Å². The van der Waals surface area contributed by atoms with E-state index in [1.54, 1.807) is 36.4 Å². The normalized spacial score (nSPS) is 23.8. The monoisotopic (exact) mass is 507 g/mol. The second-order valence-corrected chi connectivity index (χ2v) is 9.87. The predicted molar refractivity (Wildman–Crippen MR) is 132 cm³/mol. The summed E-state index contributed by atoms with van der Waals surface area (Å²) in [5.41, 5.74) is 1.46. The fourth-order valence-electron chi connectivity index (χ4n) is 5.13. The SMILES string of the molecule is CC1(O)CCN(c2ncc(-c3ncnc4ccc(N5C[C@@H](F)C[C@@H]5c5cc(F)ccc5F)nc34)cn2)C1. The van der Waals surface area contributed by atoms with Gasteiger partial charge in [0.25, 0.3) is 0 Å². The van der Waals surface area contributed by atoms with Crippen LogP contribution in [-0.4, -0.2) is 61.4 Å². The lowest BCUT2D eigenvalue weighted by Gasteiger charge is -2.26. The van der Waals surface area contributed by atoms with Crippen molar-refractivity contribution in [2.45, 2.75) is 37.6 Å². The number of hydrogen-bond donors (Lipinski definition) is 1. The van der Waals surface area contributed by atoms with Crippen LogP contribution in [0.15, 0.2) is 49.1 Å². The van der Waals surface area contributed by atoms with Crippen LogP contribution in [0.1, 0.15) is 31.4 Å². The summed E-state index contributed by atoms with van der Waals surface area (Å²) >= 11 is 0. The fraction of sp³-hybridized carbons (Fsp3) is 0.346. The molecule has 1 aromatic carbocycles. The van der Waals surface area contributed by atoms with Gasteiger partial charge in [-0.15, -0.1) is 0 Å². The van der Waals surface area contributed by atoms with Gasteiger partial charge < -0.3 is 14.9 Å². The number of fused-ring (bicyclic) bond motifs is 1. The molecule has 190 valence electrons. The molecule has 0 saturated carbocycles. The molecule has 11 heteroatoms. The van der Waals surface area contributed by atoms with E-state index in [1.165, 1.54) is 6.33 Å². The number of rotatable bonds is 4. The number of aliphatic hydroxyl groups is 1. The summed E-state index contributed by atoms with van der Waals surface area (Å²) in [6.45, 7) is 2.90. The molecule has 2 aliphatic rings. The molecule has 8 nitrogen and oxygen atoms in total. The first-order chi connectivity index (χ1) is 17.8. The smallest absolute Gasteiger partial charge is 0.225 e. The van der Waals surface area contributed by atoms with E-state index in [0.717, 1.165) is 18.2 Å². The van der Waals surface area contributed by atoms with Crippen LogP contribution >= 0.6 is 0 Å². The summed E-state index contributed by atoms with van der Waals surface area (Å²) in [6, 6.07) is 5.95. The van der Waals surface area contributed by atoms with Crippen LogP contribution in [0.2, 0.25) is 0 Å². The number of aromatic nitrogens is 5. The Bertz CT molecular complexity index is 1470. The minimum Gasteiger partial charge on any atom is -0.388 e. The minimum atomic E-state index is -1.22. The van der Waals surface area contributed by atoms with Crippen molar-refractivity contribution in [2.24, 2.45) is 0 Å². The maximum atomic E-state index is 14.6. The molecule has 1 N–H and O–H groups in total. The first-order valence-corrected chi connectivity index (χ1v) is 12.0. The molecular formula is C26H24F3N7O. The summed E-state index contributed by atoms with van der Waals surface area (Å²) in [6.07, 6.45) is 4.15. The average molecular weight is 508 g/mol. The maximum absolute atomic E-state index is 14.6. The molecule has 0 radical (unpaired) electrons. The van der Waals surface area contributed by atoms with Crippen molar-refractivity contribution < 1.29 is 18.3 Å². The molecular weight excluding hydrogens is 483 g/mol. The number of hydrogen-bond acceptors (Lipinski definition) is 8. The first-order valence-electron chi connectivity index (χ1n) is 12.0.